The number of aromatic nitrogens is 2. The zero-order valence-corrected chi connectivity index (χ0v) is 17.3. The van der Waals surface area contributed by atoms with Gasteiger partial charge in [-0.15, -0.1) is 12.4 Å². The Morgan fingerprint density at radius 1 is 1.00 bits per heavy atom. The van der Waals surface area contributed by atoms with Crippen LogP contribution in [-0.4, -0.2) is 57.0 Å². The topological polar surface area (TPSA) is 67.6 Å². The predicted molar refractivity (Wildman–Crippen MR) is 111 cm³/mol. The fourth-order valence-corrected chi connectivity index (χ4v) is 4.23. The molecule has 2 fully saturated rings. The van der Waals surface area contributed by atoms with Gasteiger partial charge in [-0.2, -0.15) is 0 Å². The molecule has 1 aliphatic carbocycles. The Morgan fingerprint density at radius 3 is 2.32 bits per heavy atom. The van der Waals surface area contributed by atoms with Crippen molar-refractivity contribution >= 4 is 29.8 Å². The van der Waals surface area contributed by atoms with Crippen LogP contribution in [-0.2, 0) is 17.9 Å². The average molecular weight is 425 g/mol. The Labute approximate surface area is 173 Å². The summed E-state index contributed by atoms with van der Waals surface area (Å²) in [6, 6.07) is 9.54. The molecule has 0 radical (unpaired) electrons. The van der Waals surface area contributed by atoms with Crippen LogP contribution < -0.4 is 10.6 Å². The van der Waals surface area contributed by atoms with Gasteiger partial charge >= 0.3 is 10.6 Å². The van der Waals surface area contributed by atoms with Crippen LogP contribution in [0.25, 0.3) is 0 Å². The van der Waals surface area contributed by atoms with Gasteiger partial charge < -0.3 is 4.90 Å². The minimum atomic E-state index is -0.239. The highest BCUT2D eigenvalue weighted by Gasteiger charge is 2.34. The standard InChI is InChI=1S/C19H24N4O3S.ClH/c24-17(16-6-7-16)21-11-8-20(9-12-21)10-13-23-18(25)22(19(26)27-23)14-15-4-2-1-3-5-15;/h1-5,16H,6-14H2;1H. The second-order valence-corrected chi connectivity index (χ2v) is 8.23. The smallest absolute Gasteiger partial charge is 0.340 e. The van der Waals surface area contributed by atoms with Crippen molar-refractivity contribution in [3.63, 3.8) is 0 Å². The van der Waals surface area contributed by atoms with E-state index in [1.54, 1.807) is 3.96 Å². The van der Waals surface area contributed by atoms with Crippen LogP contribution in [0.1, 0.15) is 18.4 Å². The van der Waals surface area contributed by atoms with Crippen molar-refractivity contribution in [3.8, 4) is 0 Å². The minimum absolute atomic E-state index is 0. The molecule has 152 valence electrons. The molecule has 0 unspecified atom stereocenters. The van der Waals surface area contributed by atoms with Crippen molar-refractivity contribution in [2.24, 2.45) is 5.92 Å². The summed E-state index contributed by atoms with van der Waals surface area (Å²) in [5.41, 5.74) is 0.703. The molecule has 2 aromatic rings. The number of halogens is 1. The van der Waals surface area contributed by atoms with Gasteiger partial charge in [0, 0.05) is 50.2 Å². The molecule has 1 saturated heterocycles. The molecule has 7 nitrogen and oxygen atoms in total. The normalized spacial score (nSPS) is 17.4. The fraction of sp³-hybridized carbons (Fsp3) is 0.526. The van der Waals surface area contributed by atoms with Crippen molar-refractivity contribution in [2.75, 3.05) is 32.7 Å². The highest BCUT2D eigenvalue weighted by atomic mass is 35.5. The zero-order valence-electron chi connectivity index (χ0n) is 15.7. The summed E-state index contributed by atoms with van der Waals surface area (Å²) < 4.78 is 2.85. The lowest BCUT2D eigenvalue weighted by Crippen LogP contribution is -2.50. The number of hydrogen-bond donors (Lipinski definition) is 0. The summed E-state index contributed by atoms with van der Waals surface area (Å²) in [6.07, 6.45) is 2.09. The predicted octanol–water partition coefficient (Wildman–Crippen LogP) is 1.10. The maximum Gasteiger partial charge on any atom is 0.341 e. The number of benzene rings is 1. The van der Waals surface area contributed by atoms with Gasteiger partial charge in [-0.3, -0.25) is 14.5 Å². The molecular weight excluding hydrogens is 400 g/mol. The molecule has 1 amide bonds. The van der Waals surface area contributed by atoms with Gasteiger partial charge in [0.15, 0.2) is 0 Å². The summed E-state index contributed by atoms with van der Waals surface area (Å²) in [6.45, 7) is 4.71. The number of carbonyl (C=O) groups excluding carboxylic acids is 1. The average Bonchev–Trinajstić information content (AvgIpc) is 3.51. The number of nitrogens with zero attached hydrogens (tertiary/aromatic N) is 4. The minimum Gasteiger partial charge on any atom is -0.340 e. The second-order valence-electron chi connectivity index (χ2n) is 7.25. The molecule has 1 saturated carbocycles. The van der Waals surface area contributed by atoms with Crippen LogP contribution in [0, 0.1) is 5.92 Å². The first kappa shape index (κ1) is 20.8. The maximum atomic E-state index is 12.6. The van der Waals surface area contributed by atoms with Gasteiger partial charge in [0.05, 0.1) is 13.1 Å². The molecule has 1 aliphatic heterocycles. The lowest BCUT2D eigenvalue weighted by Gasteiger charge is -2.34. The van der Waals surface area contributed by atoms with Crippen LogP contribution in [0.3, 0.4) is 0 Å². The van der Waals surface area contributed by atoms with Crippen LogP contribution in [0.2, 0.25) is 0 Å². The van der Waals surface area contributed by atoms with Crippen molar-refractivity contribution in [1.82, 2.24) is 18.3 Å². The van der Waals surface area contributed by atoms with Gasteiger partial charge in [-0.05, 0) is 18.4 Å². The molecular formula is C19H25ClN4O3S. The van der Waals surface area contributed by atoms with E-state index >= 15 is 0 Å². The molecule has 28 heavy (non-hydrogen) atoms. The van der Waals surface area contributed by atoms with Crippen LogP contribution in [0.4, 0.5) is 0 Å². The Kier molecular flexibility index (Phi) is 6.74. The van der Waals surface area contributed by atoms with Gasteiger partial charge in [-0.25, -0.2) is 13.3 Å². The first-order valence-corrected chi connectivity index (χ1v) is 10.2. The first-order valence-electron chi connectivity index (χ1n) is 9.48. The van der Waals surface area contributed by atoms with Crippen molar-refractivity contribution < 1.29 is 4.79 Å². The van der Waals surface area contributed by atoms with Crippen LogP contribution >= 0.6 is 23.9 Å². The molecule has 0 spiro atoms. The van der Waals surface area contributed by atoms with E-state index in [0.29, 0.717) is 19.0 Å². The molecule has 0 atom stereocenters. The number of rotatable bonds is 6. The van der Waals surface area contributed by atoms with E-state index in [1.807, 2.05) is 35.2 Å². The number of hydrogen-bond acceptors (Lipinski definition) is 5. The maximum absolute atomic E-state index is 12.6. The lowest BCUT2D eigenvalue weighted by atomic mass is 10.2. The van der Waals surface area contributed by atoms with E-state index in [1.165, 1.54) is 4.57 Å². The first-order chi connectivity index (χ1) is 13.1. The third-order valence-corrected chi connectivity index (χ3v) is 6.20. The summed E-state index contributed by atoms with van der Waals surface area (Å²) >= 11 is 0.987. The monoisotopic (exact) mass is 424 g/mol. The third-order valence-electron chi connectivity index (χ3n) is 5.27. The van der Waals surface area contributed by atoms with E-state index in [2.05, 4.69) is 4.90 Å². The highest BCUT2D eigenvalue weighted by Crippen LogP contribution is 2.31. The summed E-state index contributed by atoms with van der Waals surface area (Å²) in [5, 5.41) is 0. The van der Waals surface area contributed by atoms with Gasteiger partial charge in [0.1, 0.15) is 0 Å². The van der Waals surface area contributed by atoms with Crippen molar-refractivity contribution in [3.05, 3.63) is 56.0 Å². The molecule has 9 heteroatoms. The van der Waals surface area contributed by atoms with E-state index in [9.17, 15) is 14.4 Å². The molecule has 0 N–H and O–H groups in total. The fourth-order valence-electron chi connectivity index (χ4n) is 3.45. The van der Waals surface area contributed by atoms with Crippen LogP contribution in [0.5, 0.6) is 0 Å². The highest BCUT2D eigenvalue weighted by molar-refractivity contribution is 7.03. The molecule has 4 rings (SSSR count). The zero-order chi connectivity index (χ0) is 18.8. The largest absolute Gasteiger partial charge is 0.341 e. The molecule has 0 bridgehead atoms. The summed E-state index contributed by atoms with van der Waals surface area (Å²) in [5.74, 6) is 0.582. The lowest BCUT2D eigenvalue weighted by molar-refractivity contribution is -0.134. The Balaban J connectivity index is 0.00000225. The molecule has 2 heterocycles. The Bertz CT molecular complexity index is 911. The third kappa shape index (κ3) is 4.74. The summed E-state index contributed by atoms with van der Waals surface area (Å²) in [7, 11) is 0. The molecule has 2 aliphatic rings. The van der Waals surface area contributed by atoms with E-state index in [-0.39, 0.29) is 28.9 Å². The van der Waals surface area contributed by atoms with Gasteiger partial charge in [0.2, 0.25) is 5.91 Å². The van der Waals surface area contributed by atoms with Crippen molar-refractivity contribution in [1.29, 1.82) is 0 Å². The molecule has 1 aromatic heterocycles. The summed E-state index contributed by atoms with van der Waals surface area (Å²) in [4.78, 5) is 40.9. The number of piperazine rings is 1. The van der Waals surface area contributed by atoms with Crippen molar-refractivity contribution in [2.45, 2.75) is 25.9 Å². The van der Waals surface area contributed by atoms with E-state index in [4.69, 9.17) is 0 Å². The Hall–Kier alpha value is -1.90. The quantitative estimate of drug-likeness (QED) is 0.696. The number of amides is 1. The van der Waals surface area contributed by atoms with Crippen LogP contribution in [0.15, 0.2) is 39.9 Å². The van der Waals surface area contributed by atoms with Gasteiger partial charge in [-0.1, -0.05) is 30.3 Å². The SMILES string of the molecule is Cl.O=C(C1CC1)N1CCN(CCn2sc(=O)n(Cc3ccccc3)c2=O)CC1. The van der Waals surface area contributed by atoms with E-state index < -0.39 is 0 Å². The van der Waals surface area contributed by atoms with Gasteiger partial charge in [0.25, 0.3) is 0 Å². The molecule has 1 aromatic carbocycles. The Morgan fingerprint density at radius 2 is 1.68 bits per heavy atom. The number of carbonyl (C=O) groups is 1. The van der Waals surface area contributed by atoms with E-state index in [0.717, 1.165) is 62.7 Å². The second kappa shape index (κ2) is 9.07.